The molecule has 7 heteroatoms. The van der Waals surface area contributed by atoms with Crippen LogP contribution >= 0.6 is 0 Å². The van der Waals surface area contributed by atoms with Crippen LogP contribution in [-0.2, 0) is 6.18 Å². The molecule has 0 aliphatic carbocycles. The smallest absolute Gasteiger partial charge is 0.346 e. The highest BCUT2D eigenvalue weighted by molar-refractivity contribution is 6.00. The first-order chi connectivity index (χ1) is 14.0. The van der Waals surface area contributed by atoms with E-state index in [1.165, 1.54) is 12.1 Å². The molecule has 0 unspecified atom stereocenters. The van der Waals surface area contributed by atoms with Crippen molar-refractivity contribution in [1.29, 1.82) is 0 Å². The number of H-pyrrole nitrogens is 1. The molecular formula is C22H13F3N4. The van der Waals surface area contributed by atoms with E-state index in [-0.39, 0.29) is 0 Å². The number of aromatic nitrogens is 4. The summed E-state index contributed by atoms with van der Waals surface area (Å²) in [6.07, 6.45) is 0.788. The number of hydrogen-bond acceptors (Lipinski definition) is 3. The Bertz CT molecular complexity index is 1340. The minimum absolute atomic E-state index is 0.532. The Kier molecular flexibility index (Phi) is 3.84. The van der Waals surface area contributed by atoms with Gasteiger partial charge in [-0.05, 0) is 42.5 Å². The van der Waals surface area contributed by atoms with Gasteiger partial charge in [0.25, 0.3) is 0 Å². The van der Waals surface area contributed by atoms with Crippen molar-refractivity contribution in [2.75, 3.05) is 0 Å². The highest BCUT2D eigenvalue weighted by atomic mass is 19.4. The van der Waals surface area contributed by atoms with Gasteiger partial charge in [-0.1, -0.05) is 12.1 Å². The van der Waals surface area contributed by atoms with Crippen molar-refractivity contribution in [3.05, 3.63) is 78.8 Å². The minimum Gasteiger partial charge on any atom is -0.346 e. The fourth-order valence-corrected chi connectivity index (χ4v) is 3.43. The van der Waals surface area contributed by atoms with Gasteiger partial charge >= 0.3 is 6.18 Å². The van der Waals surface area contributed by atoms with Crippen molar-refractivity contribution in [2.24, 2.45) is 0 Å². The summed E-state index contributed by atoms with van der Waals surface area (Å²) in [7, 11) is 0. The Morgan fingerprint density at radius 3 is 2.38 bits per heavy atom. The number of pyridine rings is 3. The number of nitrogens with zero attached hydrogens (tertiary/aromatic N) is 3. The predicted octanol–water partition coefficient (Wildman–Crippen LogP) is 5.86. The molecule has 0 aliphatic rings. The zero-order chi connectivity index (χ0) is 20.0. The number of halogens is 3. The summed E-state index contributed by atoms with van der Waals surface area (Å²) in [6, 6.07) is 14.5. The Labute approximate surface area is 163 Å². The zero-order valence-corrected chi connectivity index (χ0v) is 14.9. The molecule has 5 aromatic rings. The molecule has 0 atom stereocenters. The number of alkyl halides is 3. The molecule has 1 aromatic carbocycles. The predicted molar refractivity (Wildman–Crippen MR) is 105 cm³/mol. The summed E-state index contributed by atoms with van der Waals surface area (Å²) in [5.41, 5.74) is 3.38. The Morgan fingerprint density at radius 1 is 0.828 bits per heavy atom. The van der Waals surface area contributed by atoms with Gasteiger partial charge in [0.1, 0.15) is 5.65 Å². The van der Waals surface area contributed by atoms with Crippen molar-refractivity contribution in [2.45, 2.75) is 6.18 Å². The maximum absolute atomic E-state index is 13.0. The van der Waals surface area contributed by atoms with Crippen molar-refractivity contribution < 1.29 is 13.2 Å². The molecule has 0 amide bonds. The second-order valence-electron chi connectivity index (χ2n) is 6.61. The van der Waals surface area contributed by atoms with Gasteiger partial charge < -0.3 is 4.98 Å². The summed E-state index contributed by atoms with van der Waals surface area (Å²) >= 11 is 0. The van der Waals surface area contributed by atoms with Gasteiger partial charge in [0, 0.05) is 46.1 Å². The number of benzene rings is 1. The van der Waals surface area contributed by atoms with E-state index in [2.05, 4.69) is 19.9 Å². The quantitative estimate of drug-likeness (QED) is 0.411. The summed E-state index contributed by atoms with van der Waals surface area (Å²) in [6.45, 7) is 0. The van der Waals surface area contributed by atoms with E-state index < -0.39 is 11.7 Å². The molecule has 0 aliphatic heterocycles. The van der Waals surface area contributed by atoms with Gasteiger partial charge in [-0.25, -0.2) is 15.0 Å². The minimum atomic E-state index is -4.39. The molecule has 0 spiro atoms. The monoisotopic (exact) mass is 390 g/mol. The summed E-state index contributed by atoms with van der Waals surface area (Å²) in [5.74, 6) is 0. The summed E-state index contributed by atoms with van der Waals surface area (Å²) in [4.78, 5) is 16.4. The maximum atomic E-state index is 13.0. The summed E-state index contributed by atoms with van der Waals surface area (Å²) in [5, 5.41) is 1.75. The van der Waals surface area contributed by atoms with Crippen molar-refractivity contribution >= 4 is 22.1 Å². The van der Waals surface area contributed by atoms with Crippen LogP contribution in [0.3, 0.4) is 0 Å². The first kappa shape index (κ1) is 17.4. The third kappa shape index (κ3) is 3.00. The normalized spacial score (nSPS) is 12.0. The fourth-order valence-electron chi connectivity index (χ4n) is 3.43. The molecule has 0 saturated carbocycles. The van der Waals surface area contributed by atoms with Gasteiger partial charge in [0.05, 0.1) is 11.3 Å². The first-order valence-electron chi connectivity index (χ1n) is 8.86. The summed E-state index contributed by atoms with van der Waals surface area (Å²) < 4.78 is 38.9. The van der Waals surface area contributed by atoms with E-state index in [9.17, 15) is 13.2 Å². The third-order valence-electron chi connectivity index (χ3n) is 4.82. The van der Waals surface area contributed by atoms with Gasteiger partial charge in [-0.15, -0.1) is 0 Å². The Hall–Kier alpha value is -3.74. The fraction of sp³-hybridized carbons (Fsp3) is 0.0455. The van der Waals surface area contributed by atoms with Gasteiger partial charge in [-0.3, -0.25) is 0 Å². The highest BCUT2D eigenvalue weighted by Gasteiger charge is 2.30. The third-order valence-corrected chi connectivity index (χ3v) is 4.82. The van der Waals surface area contributed by atoms with Gasteiger partial charge in [-0.2, -0.15) is 13.2 Å². The van der Waals surface area contributed by atoms with Gasteiger partial charge in [0.15, 0.2) is 5.65 Å². The lowest BCUT2D eigenvalue weighted by molar-refractivity contribution is -0.137. The topological polar surface area (TPSA) is 54.5 Å². The van der Waals surface area contributed by atoms with Crippen LogP contribution in [0.4, 0.5) is 13.2 Å². The van der Waals surface area contributed by atoms with E-state index in [1.807, 2.05) is 36.5 Å². The molecular weight excluding hydrogens is 377 g/mol. The average Bonchev–Trinajstić information content (AvgIpc) is 3.16. The number of nitrogens with one attached hydrogen (secondary N) is 1. The van der Waals surface area contributed by atoms with E-state index in [4.69, 9.17) is 0 Å². The molecule has 0 radical (unpaired) electrons. The molecule has 1 N–H and O–H groups in total. The lowest BCUT2D eigenvalue weighted by atomic mass is 9.97. The largest absolute Gasteiger partial charge is 0.416 e. The SMILES string of the molecule is FC(F)(F)c1ccc(-c2nc3ncccc3cc2-c2c[nH]c3ncccc23)cc1. The lowest BCUT2D eigenvalue weighted by Gasteiger charge is -2.12. The molecule has 142 valence electrons. The average molecular weight is 390 g/mol. The van der Waals surface area contributed by atoms with Crippen LogP contribution in [0.1, 0.15) is 5.56 Å². The Balaban J connectivity index is 1.77. The van der Waals surface area contributed by atoms with Crippen LogP contribution in [0, 0.1) is 0 Å². The molecule has 0 bridgehead atoms. The zero-order valence-electron chi connectivity index (χ0n) is 14.9. The molecule has 29 heavy (non-hydrogen) atoms. The standard InChI is InChI=1S/C22H13F3N4/c23-22(24,25)15-7-5-13(6-8-15)19-17(11-14-3-1-9-26-20(14)29-19)18-12-28-21-16(18)4-2-10-27-21/h1-12H,(H,27,28). The molecule has 5 rings (SSSR count). The van der Waals surface area contributed by atoms with Crippen LogP contribution < -0.4 is 0 Å². The number of hydrogen-bond donors (Lipinski definition) is 1. The molecule has 0 saturated heterocycles. The number of aromatic amines is 1. The van der Waals surface area contributed by atoms with Crippen molar-refractivity contribution in [3.8, 4) is 22.4 Å². The molecule has 4 nitrogen and oxygen atoms in total. The van der Waals surface area contributed by atoms with Crippen LogP contribution in [-0.4, -0.2) is 19.9 Å². The molecule has 0 fully saturated rings. The van der Waals surface area contributed by atoms with Crippen molar-refractivity contribution in [1.82, 2.24) is 19.9 Å². The van der Waals surface area contributed by atoms with Crippen LogP contribution in [0.25, 0.3) is 44.5 Å². The number of rotatable bonds is 2. The Morgan fingerprint density at radius 2 is 1.59 bits per heavy atom. The number of fused-ring (bicyclic) bond motifs is 2. The second kappa shape index (κ2) is 6.41. The maximum Gasteiger partial charge on any atom is 0.416 e. The van der Waals surface area contributed by atoms with E-state index >= 15 is 0 Å². The van der Waals surface area contributed by atoms with Crippen LogP contribution in [0.15, 0.2) is 73.2 Å². The molecule has 4 heterocycles. The second-order valence-corrected chi connectivity index (χ2v) is 6.61. The van der Waals surface area contributed by atoms with E-state index in [0.717, 1.165) is 39.7 Å². The van der Waals surface area contributed by atoms with Crippen LogP contribution in [0.5, 0.6) is 0 Å². The van der Waals surface area contributed by atoms with E-state index in [1.54, 1.807) is 12.4 Å². The van der Waals surface area contributed by atoms with Gasteiger partial charge in [0.2, 0.25) is 0 Å². The van der Waals surface area contributed by atoms with E-state index in [0.29, 0.717) is 16.9 Å². The molecule has 4 aromatic heterocycles. The highest BCUT2D eigenvalue weighted by Crippen LogP contribution is 2.37. The lowest BCUT2D eigenvalue weighted by Crippen LogP contribution is -2.04. The van der Waals surface area contributed by atoms with Crippen molar-refractivity contribution in [3.63, 3.8) is 0 Å². The first-order valence-corrected chi connectivity index (χ1v) is 8.86. The van der Waals surface area contributed by atoms with Crippen LogP contribution in [0.2, 0.25) is 0 Å².